The largest absolute Gasteiger partial charge is 0.399 e. The van der Waals surface area contributed by atoms with Crippen LogP contribution in [0.15, 0.2) is 42.0 Å². The van der Waals surface area contributed by atoms with Crippen LogP contribution in [0.4, 0.5) is 11.5 Å². The van der Waals surface area contributed by atoms with Gasteiger partial charge in [-0.2, -0.15) is 0 Å². The Morgan fingerprint density at radius 2 is 2.16 bits per heavy atom. The molecule has 0 aliphatic heterocycles. The van der Waals surface area contributed by atoms with Gasteiger partial charge in [0.2, 0.25) is 0 Å². The van der Waals surface area contributed by atoms with Gasteiger partial charge < -0.3 is 11.1 Å². The molecule has 5 heteroatoms. The first-order chi connectivity index (χ1) is 9.24. The molecule has 1 atom stereocenters. The quantitative estimate of drug-likeness (QED) is 0.715. The van der Waals surface area contributed by atoms with Gasteiger partial charge in [-0.1, -0.05) is 6.07 Å². The van der Waals surface area contributed by atoms with E-state index in [9.17, 15) is 0 Å². The average molecular weight is 270 g/mol. The summed E-state index contributed by atoms with van der Waals surface area (Å²) in [5, 5.41) is 6.44. The third-order valence-electron chi connectivity index (χ3n) is 2.98. The molecular formula is C14H14N4S. The maximum Gasteiger partial charge on any atom is 0.137 e. The summed E-state index contributed by atoms with van der Waals surface area (Å²) in [4.78, 5) is 9.85. The van der Waals surface area contributed by atoms with E-state index in [2.05, 4.69) is 33.7 Å². The second-order valence-electron chi connectivity index (χ2n) is 4.38. The van der Waals surface area contributed by atoms with Crippen LogP contribution in [0.1, 0.15) is 17.8 Å². The predicted molar refractivity (Wildman–Crippen MR) is 80.3 cm³/mol. The second kappa shape index (κ2) is 4.85. The van der Waals surface area contributed by atoms with Crippen LogP contribution in [0.25, 0.3) is 10.9 Å². The highest BCUT2D eigenvalue weighted by molar-refractivity contribution is 7.10. The molecule has 0 saturated carbocycles. The van der Waals surface area contributed by atoms with Gasteiger partial charge in [0.25, 0.3) is 0 Å². The van der Waals surface area contributed by atoms with Crippen molar-refractivity contribution in [2.45, 2.75) is 13.0 Å². The summed E-state index contributed by atoms with van der Waals surface area (Å²) in [6.45, 7) is 2.12. The Balaban J connectivity index is 1.98. The zero-order valence-electron chi connectivity index (χ0n) is 10.5. The first-order valence-electron chi connectivity index (χ1n) is 6.04. The minimum absolute atomic E-state index is 0.208. The Bertz CT molecular complexity index is 694. The highest BCUT2D eigenvalue weighted by atomic mass is 32.1. The molecule has 0 saturated heterocycles. The van der Waals surface area contributed by atoms with Gasteiger partial charge in [-0.15, -0.1) is 11.3 Å². The van der Waals surface area contributed by atoms with Crippen molar-refractivity contribution in [3.63, 3.8) is 0 Å². The number of nitrogens with zero attached hydrogens (tertiary/aromatic N) is 2. The van der Waals surface area contributed by atoms with E-state index in [4.69, 9.17) is 5.73 Å². The fourth-order valence-corrected chi connectivity index (χ4v) is 2.74. The fraction of sp³-hybridized carbons (Fsp3) is 0.143. The van der Waals surface area contributed by atoms with E-state index in [-0.39, 0.29) is 6.04 Å². The van der Waals surface area contributed by atoms with Crippen molar-refractivity contribution in [2.75, 3.05) is 11.1 Å². The van der Waals surface area contributed by atoms with Gasteiger partial charge >= 0.3 is 0 Å². The molecule has 96 valence electrons. The lowest BCUT2D eigenvalue weighted by Gasteiger charge is -2.14. The van der Waals surface area contributed by atoms with Crippen LogP contribution >= 0.6 is 11.3 Å². The molecule has 0 bridgehead atoms. The summed E-state index contributed by atoms with van der Waals surface area (Å²) in [6.07, 6.45) is 1.57. The first-order valence-corrected chi connectivity index (χ1v) is 6.92. The van der Waals surface area contributed by atoms with E-state index in [1.807, 2.05) is 24.3 Å². The van der Waals surface area contributed by atoms with Crippen molar-refractivity contribution in [1.82, 2.24) is 9.97 Å². The number of hydrogen-bond acceptors (Lipinski definition) is 5. The maximum absolute atomic E-state index is 5.84. The standard InChI is InChI=1S/C14H14N4S/c1-9(13-3-2-6-19-13)18-14-11-7-10(15)4-5-12(11)16-8-17-14/h2-9H,15H2,1H3,(H,16,17,18). The van der Waals surface area contributed by atoms with Crippen molar-refractivity contribution >= 4 is 33.7 Å². The zero-order valence-corrected chi connectivity index (χ0v) is 11.3. The molecule has 0 amide bonds. The molecule has 0 fully saturated rings. The molecule has 19 heavy (non-hydrogen) atoms. The fourth-order valence-electron chi connectivity index (χ4n) is 2.00. The van der Waals surface area contributed by atoms with Crippen molar-refractivity contribution in [2.24, 2.45) is 0 Å². The van der Waals surface area contributed by atoms with Crippen molar-refractivity contribution in [3.05, 3.63) is 46.9 Å². The van der Waals surface area contributed by atoms with Crippen LogP contribution in [-0.4, -0.2) is 9.97 Å². The van der Waals surface area contributed by atoms with Gasteiger partial charge in [0, 0.05) is 16.0 Å². The lowest BCUT2D eigenvalue weighted by atomic mass is 10.2. The Morgan fingerprint density at radius 3 is 2.95 bits per heavy atom. The molecule has 1 aromatic carbocycles. The van der Waals surface area contributed by atoms with Crippen LogP contribution in [0.3, 0.4) is 0 Å². The van der Waals surface area contributed by atoms with Gasteiger partial charge in [-0.25, -0.2) is 9.97 Å². The normalized spacial score (nSPS) is 12.5. The number of nitrogen functional groups attached to an aromatic ring is 1. The smallest absolute Gasteiger partial charge is 0.137 e. The van der Waals surface area contributed by atoms with E-state index < -0.39 is 0 Å². The summed E-state index contributed by atoms with van der Waals surface area (Å²) in [5.74, 6) is 0.818. The summed E-state index contributed by atoms with van der Waals surface area (Å²) in [6, 6.07) is 10.0. The number of anilines is 2. The Labute approximate surface area is 115 Å². The monoisotopic (exact) mass is 270 g/mol. The van der Waals surface area contributed by atoms with Crippen molar-refractivity contribution in [3.8, 4) is 0 Å². The van der Waals surface area contributed by atoms with E-state index in [1.54, 1.807) is 17.7 Å². The van der Waals surface area contributed by atoms with Crippen LogP contribution < -0.4 is 11.1 Å². The van der Waals surface area contributed by atoms with Crippen molar-refractivity contribution < 1.29 is 0 Å². The highest BCUT2D eigenvalue weighted by Gasteiger charge is 2.10. The Kier molecular flexibility index (Phi) is 3.05. The third kappa shape index (κ3) is 2.37. The number of fused-ring (bicyclic) bond motifs is 1. The number of thiophene rings is 1. The molecule has 4 nitrogen and oxygen atoms in total. The van der Waals surface area contributed by atoms with Crippen LogP contribution in [-0.2, 0) is 0 Å². The van der Waals surface area contributed by atoms with Gasteiger partial charge in [0.1, 0.15) is 12.1 Å². The Hall–Kier alpha value is -2.14. The van der Waals surface area contributed by atoms with E-state index in [1.165, 1.54) is 4.88 Å². The van der Waals surface area contributed by atoms with Gasteiger partial charge in [-0.3, -0.25) is 0 Å². The molecule has 1 unspecified atom stereocenters. The molecule has 2 heterocycles. The summed E-state index contributed by atoms with van der Waals surface area (Å²) in [5.41, 5.74) is 7.45. The third-order valence-corrected chi connectivity index (χ3v) is 4.04. The SMILES string of the molecule is CC(Nc1ncnc2ccc(N)cc12)c1cccs1. The predicted octanol–water partition coefficient (Wildman–Crippen LogP) is 3.45. The Morgan fingerprint density at radius 1 is 1.26 bits per heavy atom. The zero-order chi connectivity index (χ0) is 13.2. The summed E-state index contributed by atoms with van der Waals surface area (Å²) >= 11 is 1.73. The van der Waals surface area contributed by atoms with E-state index in [0.29, 0.717) is 5.69 Å². The van der Waals surface area contributed by atoms with E-state index >= 15 is 0 Å². The molecule has 2 aromatic heterocycles. The summed E-state index contributed by atoms with van der Waals surface area (Å²) < 4.78 is 0. The molecule has 0 aliphatic rings. The average Bonchev–Trinajstić information content (AvgIpc) is 2.93. The number of nitrogens with one attached hydrogen (secondary N) is 1. The summed E-state index contributed by atoms with van der Waals surface area (Å²) in [7, 11) is 0. The molecule has 0 radical (unpaired) electrons. The lowest BCUT2D eigenvalue weighted by molar-refractivity contribution is 0.898. The van der Waals surface area contributed by atoms with Crippen LogP contribution in [0.5, 0.6) is 0 Å². The van der Waals surface area contributed by atoms with Crippen LogP contribution in [0, 0.1) is 0 Å². The molecular weight excluding hydrogens is 256 g/mol. The van der Waals surface area contributed by atoms with Gasteiger partial charge in [0.15, 0.2) is 0 Å². The maximum atomic E-state index is 5.84. The number of nitrogens with two attached hydrogens (primary N) is 1. The molecule has 3 aromatic rings. The number of hydrogen-bond donors (Lipinski definition) is 2. The second-order valence-corrected chi connectivity index (χ2v) is 5.36. The number of benzene rings is 1. The molecule has 0 aliphatic carbocycles. The van der Waals surface area contributed by atoms with Crippen molar-refractivity contribution in [1.29, 1.82) is 0 Å². The minimum Gasteiger partial charge on any atom is -0.399 e. The van der Waals surface area contributed by atoms with Gasteiger partial charge in [0.05, 0.1) is 11.6 Å². The lowest BCUT2D eigenvalue weighted by Crippen LogP contribution is -2.07. The highest BCUT2D eigenvalue weighted by Crippen LogP contribution is 2.27. The topological polar surface area (TPSA) is 63.8 Å². The van der Waals surface area contributed by atoms with E-state index in [0.717, 1.165) is 16.7 Å². The molecule has 3 N–H and O–H groups in total. The van der Waals surface area contributed by atoms with Gasteiger partial charge in [-0.05, 0) is 36.6 Å². The minimum atomic E-state index is 0.208. The molecule has 3 rings (SSSR count). The molecule has 0 spiro atoms. The first kappa shape index (κ1) is 11.9. The van der Waals surface area contributed by atoms with Crippen LogP contribution in [0.2, 0.25) is 0 Å². The number of aromatic nitrogens is 2. The number of rotatable bonds is 3.